The number of benzene rings is 19. The smallest absolute Gasteiger partial charge is 0.0000246 e. The molecule has 0 aliphatic heterocycles. The Morgan fingerprint density at radius 3 is 0.475 bits per heavy atom. The van der Waals surface area contributed by atoms with E-state index < -0.39 is 0 Å². The lowest BCUT2D eigenvalue weighted by atomic mass is 9.70. The van der Waals surface area contributed by atoms with Crippen LogP contribution in [0.3, 0.4) is 0 Å². The van der Waals surface area contributed by atoms with E-state index in [4.69, 9.17) is 0 Å². The summed E-state index contributed by atoms with van der Waals surface area (Å²) in [5, 5.41) is 39.9. The van der Waals surface area contributed by atoms with Crippen LogP contribution in [0.2, 0.25) is 0 Å². The second kappa shape index (κ2) is 36.1. The van der Waals surface area contributed by atoms with Gasteiger partial charge >= 0.3 is 0 Å². The predicted octanol–water partition coefficient (Wildman–Crippen LogP) is 37.9. The Morgan fingerprint density at radius 1 is 0.127 bits per heavy atom. The van der Waals surface area contributed by atoms with Crippen LogP contribution in [0.5, 0.6) is 0 Å². The van der Waals surface area contributed by atoms with Crippen LogP contribution in [0.25, 0.3) is 195 Å². The Kier molecular flexibility index (Phi) is 24.1. The Morgan fingerprint density at radius 2 is 0.280 bits per heavy atom. The minimum absolute atomic E-state index is 1.14. The number of rotatable bonds is 48. The zero-order valence-corrected chi connectivity index (χ0v) is 72.4. The molecular weight excluding hydrogens is 1420 g/mol. The highest BCUT2D eigenvalue weighted by atomic mass is 14.4. The van der Waals surface area contributed by atoms with E-state index >= 15 is 0 Å². The van der Waals surface area contributed by atoms with Gasteiger partial charge in [0.2, 0.25) is 0 Å². The molecule has 19 rings (SSSR count). The molecule has 19 aromatic rings. The minimum atomic E-state index is 1.14. The van der Waals surface area contributed by atoms with Crippen molar-refractivity contribution in [1.82, 2.24) is 0 Å². The highest BCUT2D eigenvalue weighted by Crippen LogP contribution is 2.64. The van der Waals surface area contributed by atoms with E-state index in [-0.39, 0.29) is 0 Å². The third kappa shape index (κ3) is 14.6. The Balaban J connectivity index is 0.792. The fourth-order valence-corrected chi connectivity index (χ4v) is 23.4. The minimum Gasteiger partial charge on any atom is -0.0654 e. The Hall–Kier alpha value is -9.10. The van der Waals surface area contributed by atoms with Crippen LogP contribution in [0, 0.1) is 0 Å². The van der Waals surface area contributed by atoms with Gasteiger partial charge in [-0.05, 0) is 269 Å². The highest BCUT2D eigenvalue weighted by Gasteiger charge is 2.36. The average molecular weight is 1550 g/mol. The fraction of sp³-hybridized carbons (Fsp3) is 0.407. The Bertz CT molecular complexity index is 5660. The van der Waals surface area contributed by atoms with Crippen LogP contribution < -0.4 is 0 Å². The van der Waals surface area contributed by atoms with E-state index in [2.05, 4.69) is 210 Å². The SMILES string of the molecule is CCCCCCCCCCCCc1ccc(-c2c(-c3ccc(CCCCCCCCCCCC)cc3)c3ccc4c5cccc6c7ccc8c(-c9ccc(CCCCCCCCCCCC)cc9)c(-c9ccc(CCCCCCCCCCCC)cc9)c9ccc%10c%11cccc%12c%13ccc2c2c3c4c3c(c56)c4c7c8c9c%10c4c(c%12%11)c3c%132)cc1. The van der Waals surface area contributed by atoms with Crippen molar-refractivity contribution in [3.63, 3.8) is 0 Å². The maximum absolute atomic E-state index is 2.59. The molecule has 0 N–H and O–H groups in total. The Labute approximate surface area is 705 Å². The van der Waals surface area contributed by atoms with Crippen LogP contribution in [0.4, 0.5) is 0 Å². The lowest BCUT2D eigenvalue weighted by molar-refractivity contribution is 0.556. The molecule has 0 nitrogen and oxygen atoms in total. The first-order chi connectivity index (χ1) is 58.6. The summed E-state index contributed by atoms with van der Waals surface area (Å²) in [6.07, 6.45) is 59.0. The standard InChI is InChI=1S/C118H130/c1-5-9-13-17-21-25-29-33-37-41-47-79-55-63-83(64-56-79)99-95-75-71-91-87-51-45-53-89-93-73-77-97-101(85-67-59-81(60-68-85)49-43-39-35-31-27-23-19-15-11-7-3)102(86-69-61-82(62-70-86)50-44-40-36-32-28-24-20-16-12-8-4)98-78-74-94-90-54-46-52-88-92-72-76-96(100(99)84-65-57-80(58-66-84)48-42-38-34-30-26-22-18-14-10-6-2)110-106(92)116-114(104(88)90)118-108(94)112(98)111(97)107(93)117(118)113(103(87)89)115(116)105(91)109(95)110/h45-46,51-78H,5-44,47-50H2,1-4H3. The highest BCUT2D eigenvalue weighted by molar-refractivity contribution is 6.64. The number of aryl methyl sites for hydroxylation is 4. The molecule has 0 saturated heterocycles. The zero-order valence-electron chi connectivity index (χ0n) is 72.4. The van der Waals surface area contributed by atoms with E-state index in [0.29, 0.717) is 0 Å². The molecule has 0 saturated carbocycles. The summed E-state index contributed by atoms with van der Waals surface area (Å²) in [6, 6.07) is 75.8. The monoisotopic (exact) mass is 1550 g/mol. The maximum atomic E-state index is 2.59. The fourth-order valence-electron chi connectivity index (χ4n) is 23.4. The van der Waals surface area contributed by atoms with E-state index in [0.717, 1.165) is 25.7 Å². The van der Waals surface area contributed by atoms with Gasteiger partial charge < -0.3 is 0 Å². The third-order valence-electron chi connectivity index (χ3n) is 29.4. The summed E-state index contributed by atoms with van der Waals surface area (Å²) in [4.78, 5) is 0. The van der Waals surface area contributed by atoms with Crippen molar-refractivity contribution in [3.8, 4) is 44.5 Å². The van der Waals surface area contributed by atoms with Gasteiger partial charge in [-0.3, -0.25) is 0 Å². The molecule has 0 aliphatic rings. The van der Waals surface area contributed by atoms with Crippen LogP contribution in [-0.4, -0.2) is 0 Å². The third-order valence-corrected chi connectivity index (χ3v) is 29.4. The van der Waals surface area contributed by atoms with Gasteiger partial charge in [-0.25, -0.2) is 0 Å². The molecule has 0 heterocycles. The molecular formula is C118H130. The molecule has 0 radical (unpaired) electrons. The predicted molar refractivity (Wildman–Crippen MR) is 525 cm³/mol. The van der Waals surface area contributed by atoms with Crippen molar-refractivity contribution in [2.24, 2.45) is 0 Å². The molecule has 602 valence electrons. The summed E-state index contributed by atoms with van der Waals surface area (Å²) in [5.74, 6) is 0. The average Bonchev–Trinajstić information content (AvgIpc) is 0.635. The number of fused-ring (bicyclic) bond motifs is 4. The molecule has 0 aromatic heterocycles. The van der Waals surface area contributed by atoms with Crippen LogP contribution in [0.1, 0.15) is 307 Å². The molecule has 19 aromatic carbocycles. The van der Waals surface area contributed by atoms with Gasteiger partial charge in [0.1, 0.15) is 0 Å². The van der Waals surface area contributed by atoms with E-state index in [1.54, 1.807) is 0 Å². The van der Waals surface area contributed by atoms with Gasteiger partial charge in [0, 0.05) is 0 Å². The number of hydrogen-bond acceptors (Lipinski definition) is 0. The number of hydrogen-bond donors (Lipinski definition) is 0. The summed E-state index contributed by atoms with van der Waals surface area (Å²) in [7, 11) is 0. The van der Waals surface area contributed by atoms with Crippen molar-refractivity contribution in [1.29, 1.82) is 0 Å². The van der Waals surface area contributed by atoms with Gasteiger partial charge in [-0.1, -0.05) is 441 Å². The van der Waals surface area contributed by atoms with Gasteiger partial charge in [0.25, 0.3) is 0 Å². The molecule has 118 heavy (non-hydrogen) atoms. The van der Waals surface area contributed by atoms with Crippen molar-refractivity contribution >= 4 is 151 Å². The lowest BCUT2D eigenvalue weighted by Gasteiger charge is -2.32. The quantitative estimate of drug-likeness (QED) is 0.0203. The first-order valence-corrected chi connectivity index (χ1v) is 48.7. The molecule has 0 atom stereocenters. The molecule has 0 aliphatic carbocycles. The van der Waals surface area contributed by atoms with E-state index in [1.807, 2.05) is 0 Å². The second-order valence-corrected chi connectivity index (χ2v) is 37.4. The van der Waals surface area contributed by atoms with Crippen molar-refractivity contribution in [3.05, 3.63) is 204 Å². The van der Waals surface area contributed by atoms with Crippen LogP contribution >= 0.6 is 0 Å². The normalized spacial score (nSPS) is 12.7. The lowest BCUT2D eigenvalue weighted by Crippen LogP contribution is -2.03. The molecule has 0 bridgehead atoms. The van der Waals surface area contributed by atoms with Gasteiger partial charge in [-0.15, -0.1) is 0 Å². The molecule has 0 amide bonds. The topological polar surface area (TPSA) is 0 Å². The van der Waals surface area contributed by atoms with E-state index in [1.165, 1.54) is 474 Å². The number of unbranched alkanes of at least 4 members (excludes halogenated alkanes) is 36. The van der Waals surface area contributed by atoms with Crippen molar-refractivity contribution in [2.75, 3.05) is 0 Å². The second-order valence-electron chi connectivity index (χ2n) is 37.4. The summed E-state index contributed by atoms with van der Waals surface area (Å²) in [6.45, 7) is 9.30. The van der Waals surface area contributed by atoms with Gasteiger partial charge in [0.05, 0.1) is 0 Å². The van der Waals surface area contributed by atoms with Crippen molar-refractivity contribution < 1.29 is 0 Å². The van der Waals surface area contributed by atoms with Crippen LogP contribution in [0.15, 0.2) is 182 Å². The first-order valence-electron chi connectivity index (χ1n) is 48.7. The zero-order chi connectivity index (χ0) is 79.4. The first kappa shape index (κ1) is 78.7. The maximum Gasteiger partial charge on any atom is -0.0000246 e. The largest absolute Gasteiger partial charge is 0.0654 e. The summed E-state index contributed by atoms with van der Waals surface area (Å²) in [5.41, 5.74) is 16.7. The summed E-state index contributed by atoms with van der Waals surface area (Å²) >= 11 is 0. The molecule has 0 unspecified atom stereocenters. The molecule has 0 fully saturated rings. The van der Waals surface area contributed by atoms with E-state index in [9.17, 15) is 0 Å². The van der Waals surface area contributed by atoms with Crippen LogP contribution in [-0.2, 0) is 25.7 Å². The molecule has 0 spiro atoms. The molecule has 0 heteroatoms. The van der Waals surface area contributed by atoms with Gasteiger partial charge in [-0.2, -0.15) is 0 Å². The van der Waals surface area contributed by atoms with Crippen molar-refractivity contribution in [2.45, 2.75) is 310 Å². The van der Waals surface area contributed by atoms with Gasteiger partial charge in [0.15, 0.2) is 0 Å². The summed E-state index contributed by atoms with van der Waals surface area (Å²) < 4.78 is 0.